The Balaban J connectivity index is 2.01. The Morgan fingerprint density at radius 2 is 1.75 bits per heavy atom. The first-order chi connectivity index (χ1) is 11.3. The summed E-state index contributed by atoms with van der Waals surface area (Å²) in [5.74, 6) is 0.249. The van der Waals surface area contributed by atoms with Crippen molar-refractivity contribution in [3.63, 3.8) is 0 Å². The highest BCUT2D eigenvalue weighted by Gasteiger charge is 2.24. The van der Waals surface area contributed by atoms with E-state index in [2.05, 4.69) is 12.2 Å². The zero-order chi connectivity index (χ0) is 17.9. The van der Waals surface area contributed by atoms with Gasteiger partial charge in [0.1, 0.15) is 17.1 Å². The van der Waals surface area contributed by atoms with Crippen molar-refractivity contribution in [1.82, 2.24) is 0 Å². The molecular weight excluding hydrogens is 306 g/mol. The number of furan rings is 1. The van der Waals surface area contributed by atoms with Gasteiger partial charge in [-0.15, -0.1) is 0 Å². The van der Waals surface area contributed by atoms with Gasteiger partial charge in [0.15, 0.2) is 6.10 Å². The summed E-state index contributed by atoms with van der Waals surface area (Å²) in [4.78, 5) is 24.5. The van der Waals surface area contributed by atoms with Gasteiger partial charge in [0, 0.05) is 11.3 Å². The minimum absolute atomic E-state index is 0.372. The summed E-state index contributed by atoms with van der Waals surface area (Å²) in [6.07, 6.45) is 0.0304. The number of anilines is 1. The lowest BCUT2D eigenvalue weighted by Gasteiger charge is -2.14. The Morgan fingerprint density at radius 1 is 1.12 bits per heavy atom. The van der Waals surface area contributed by atoms with Gasteiger partial charge in [-0.05, 0) is 51.8 Å². The van der Waals surface area contributed by atoms with E-state index in [1.165, 1.54) is 5.56 Å². The van der Waals surface area contributed by atoms with E-state index in [4.69, 9.17) is 9.15 Å². The van der Waals surface area contributed by atoms with E-state index in [0.29, 0.717) is 22.8 Å². The van der Waals surface area contributed by atoms with Gasteiger partial charge < -0.3 is 14.5 Å². The minimum Gasteiger partial charge on any atom is -0.465 e. The maximum atomic E-state index is 12.3. The van der Waals surface area contributed by atoms with E-state index >= 15 is 0 Å². The standard InChI is InChI=1S/C19H23NO4/c1-6-15-7-9-16(10-8-15)20-18(21)14(5)24-19(22)17-11(2)12(3)23-13(17)4/h7-10,14H,6H2,1-5H3,(H,20,21). The molecule has 1 unspecified atom stereocenters. The number of amides is 1. The van der Waals surface area contributed by atoms with Crippen molar-refractivity contribution in [1.29, 1.82) is 0 Å². The molecule has 0 fully saturated rings. The van der Waals surface area contributed by atoms with Crippen LogP contribution in [-0.2, 0) is 16.0 Å². The van der Waals surface area contributed by atoms with Crippen LogP contribution in [0.15, 0.2) is 28.7 Å². The SMILES string of the molecule is CCc1ccc(NC(=O)C(C)OC(=O)c2c(C)oc(C)c2C)cc1. The maximum Gasteiger partial charge on any atom is 0.342 e. The van der Waals surface area contributed by atoms with E-state index < -0.39 is 12.1 Å². The van der Waals surface area contributed by atoms with Crippen LogP contribution >= 0.6 is 0 Å². The van der Waals surface area contributed by atoms with E-state index in [9.17, 15) is 9.59 Å². The number of hydrogen-bond acceptors (Lipinski definition) is 4. The molecule has 128 valence electrons. The molecule has 0 saturated carbocycles. The third-order valence-electron chi connectivity index (χ3n) is 4.05. The van der Waals surface area contributed by atoms with E-state index in [0.717, 1.165) is 12.0 Å². The van der Waals surface area contributed by atoms with Crippen LogP contribution in [0, 0.1) is 20.8 Å². The molecule has 0 bridgehead atoms. The zero-order valence-corrected chi connectivity index (χ0v) is 14.7. The molecule has 0 aliphatic carbocycles. The zero-order valence-electron chi connectivity index (χ0n) is 14.7. The smallest absolute Gasteiger partial charge is 0.342 e. The van der Waals surface area contributed by atoms with Crippen LogP contribution in [0.4, 0.5) is 5.69 Å². The summed E-state index contributed by atoms with van der Waals surface area (Å²) in [5, 5.41) is 2.74. The first-order valence-corrected chi connectivity index (χ1v) is 8.00. The molecule has 1 amide bonds. The molecule has 1 heterocycles. The number of carbonyl (C=O) groups is 2. The Kier molecular flexibility index (Phi) is 5.44. The van der Waals surface area contributed by atoms with Gasteiger partial charge >= 0.3 is 5.97 Å². The predicted molar refractivity (Wildman–Crippen MR) is 92.2 cm³/mol. The summed E-state index contributed by atoms with van der Waals surface area (Å²) in [6, 6.07) is 7.57. The molecule has 0 aliphatic rings. The number of carbonyl (C=O) groups excluding carboxylic acids is 2. The molecule has 1 atom stereocenters. The normalized spacial score (nSPS) is 11.9. The summed E-state index contributed by atoms with van der Waals surface area (Å²) >= 11 is 0. The molecule has 0 radical (unpaired) electrons. The molecule has 2 aromatic rings. The monoisotopic (exact) mass is 329 g/mol. The number of ether oxygens (including phenoxy) is 1. The average molecular weight is 329 g/mol. The van der Waals surface area contributed by atoms with Crippen molar-refractivity contribution < 1.29 is 18.7 Å². The van der Waals surface area contributed by atoms with Gasteiger partial charge in [-0.25, -0.2) is 4.79 Å². The van der Waals surface area contributed by atoms with Gasteiger partial charge in [0.25, 0.3) is 5.91 Å². The molecule has 0 saturated heterocycles. The van der Waals surface area contributed by atoms with Gasteiger partial charge in [0.05, 0.1) is 0 Å². The van der Waals surface area contributed by atoms with Gasteiger partial charge in [-0.1, -0.05) is 19.1 Å². The number of nitrogens with one attached hydrogen (secondary N) is 1. The quantitative estimate of drug-likeness (QED) is 0.843. The van der Waals surface area contributed by atoms with Crippen molar-refractivity contribution in [2.75, 3.05) is 5.32 Å². The van der Waals surface area contributed by atoms with Crippen LogP contribution in [0.2, 0.25) is 0 Å². The van der Waals surface area contributed by atoms with E-state index in [-0.39, 0.29) is 5.91 Å². The van der Waals surface area contributed by atoms with Gasteiger partial charge in [0.2, 0.25) is 0 Å². The highest BCUT2D eigenvalue weighted by molar-refractivity contribution is 5.98. The molecule has 2 rings (SSSR count). The van der Waals surface area contributed by atoms with Crippen molar-refractivity contribution in [3.05, 3.63) is 52.5 Å². The fraction of sp³-hybridized carbons (Fsp3) is 0.368. The second-order valence-electron chi connectivity index (χ2n) is 5.80. The maximum absolute atomic E-state index is 12.3. The molecule has 5 nitrogen and oxygen atoms in total. The van der Waals surface area contributed by atoms with Crippen LogP contribution < -0.4 is 5.32 Å². The van der Waals surface area contributed by atoms with Crippen LogP contribution in [-0.4, -0.2) is 18.0 Å². The fourth-order valence-electron chi connectivity index (χ4n) is 2.43. The van der Waals surface area contributed by atoms with Gasteiger partial charge in [-0.2, -0.15) is 0 Å². The van der Waals surface area contributed by atoms with Crippen molar-refractivity contribution in [2.24, 2.45) is 0 Å². The number of aryl methyl sites for hydroxylation is 3. The second-order valence-corrected chi connectivity index (χ2v) is 5.80. The highest BCUT2D eigenvalue weighted by Crippen LogP contribution is 2.22. The van der Waals surface area contributed by atoms with Crippen molar-refractivity contribution >= 4 is 17.6 Å². The Hall–Kier alpha value is -2.56. The molecule has 5 heteroatoms. The Bertz CT molecular complexity index is 743. The number of benzene rings is 1. The lowest BCUT2D eigenvalue weighted by molar-refractivity contribution is -0.123. The Morgan fingerprint density at radius 3 is 2.25 bits per heavy atom. The molecule has 0 spiro atoms. The number of hydrogen-bond donors (Lipinski definition) is 1. The Labute approximate surface area is 142 Å². The number of esters is 1. The van der Waals surface area contributed by atoms with Gasteiger partial charge in [-0.3, -0.25) is 4.79 Å². The average Bonchev–Trinajstić information content (AvgIpc) is 2.80. The number of rotatable bonds is 5. The summed E-state index contributed by atoms with van der Waals surface area (Å²) < 4.78 is 10.7. The third-order valence-corrected chi connectivity index (χ3v) is 4.05. The summed E-state index contributed by atoms with van der Waals surface area (Å²) in [5.41, 5.74) is 2.99. The molecule has 0 aliphatic heterocycles. The largest absolute Gasteiger partial charge is 0.465 e. The molecule has 1 N–H and O–H groups in total. The van der Waals surface area contributed by atoms with Crippen molar-refractivity contribution in [3.8, 4) is 0 Å². The van der Waals surface area contributed by atoms with Crippen LogP contribution in [0.1, 0.15) is 46.9 Å². The first-order valence-electron chi connectivity index (χ1n) is 8.00. The summed E-state index contributed by atoms with van der Waals surface area (Å²) in [6.45, 7) is 8.90. The van der Waals surface area contributed by atoms with E-state index in [1.54, 1.807) is 27.7 Å². The lowest BCUT2D eigenvalue weighted by atomic mass is 10.1. The summed E-state index contributed by atoms with van der Waals surface area (Å²) in [7, 11) is 0. The topological polar surface area (TPSA) is 68.5 Å². The fourth-order valence-corrected chi connectivity index (χ4v) is 2.43. The molecule has 1 aromatic carbocycles. The predicted octanol–water partition coefficient (Wildman–Crippen LogP) is 3.95. The van der Waals surface area contributed by atoms with E-state index in [1.807, 2.05) is 24.3 Å². The second kappa shape index (κ2) is 7.34. The third kappa shape index (κ3) is 3.85. The first kappa shape index (κ1) is 17.8. The lowest BCUT2D eigenvalue weighted by Crippen LogP contribution is -2.30. The highest BCUT2D eigenvalue weighted by atomic mass is 16.5. The minimum atomic E-state index is -0.905. The molecular formula is C19H23NO4. The van der Waals surface area contributed by atoms with Crippen LogP contribution in [0.25, 0.3) is 0 Å². The van der Waals surface area contributed by atoms with Crippen molar-refractivity contribution in [2.45, 2.75) is 47.1 Å². The van der Waals surface area contributed by atoms with Crippen LogP contribution in [0.3, 0.4) is 0 Å². The molecule has 24 heavy (non-hydrogen) atoms. The van der Waals surface area contributed by atoms with Crippen LogP contribution in [0.5, 0.6) is 0 Å². The molecule has 1 aromatic heterocycles.